The Kier molecular flexibility index (Phi) is 6.71. The number of carbonyl (C=O) groups is 1. The number of anilines is 1. The highest BCUT2D eigenvalue weighted by Crippen LogP contribution is 2.18. The highest BCUT2D eigenvalue weighted by Gasteiger charge is 2.20. The molecule has 1 amide bonds. The van der Waals surface area contributed by atoms with Gasteiger partial charge in [0.25, 0.3) is 0 Å². The summed E-state index contributed by atoms with van der Waals surface area (Å²) >= 11 is 0. The van der Waals surface area contributed by atoms with Crippen molar-refractivity contribution in [2.45, 2.75) is 19.9 Å². The molecule has 1 N–H and O–H groups in total. The third-order valence-corrected chi connectivity index (χ3v) is 5.02. The molecule has 0 atom stereocenters. The first-order valence-electron chi connectivity index (χ1n) is 9.59. The number of amides is 1. The molecule has 5 heteroatoms. The molecule has 0 aliphatic carbocycles. The summed E-state index contributed by atoms with van der Waals surface area (Å²) in [6.45, 7) is 6.86. The van der Waals surface area contributed by atoms with Gasteiger partial charge in [-0.2, -0.15) is 0 Å². The summed E-state index contributed by atoms with van der Waals surface area (Å²) in [7, 11) is 1.68. The van der Waals surface area contributed by atoms with Crippen molar-refractivity contribution in [1.29, 1.82) is 0 Å². The lowest BCUT2D eigenvalue weighted by Crippen LogP contribution is -2.49. The number of benzene rings is 2. The summed E-state index contributed by atoms with van der Waals surface area (Å²) in [5.74, 6) is 1.11. The predicted molar refractivity (Wildman–Crippen MR) is 109 cm³/mol. The molecule has 0 spiro atoms. The predicted octanol–water partition coefficient (Wildman–Crippen LogP) is 2.83. The zero-order chi connectivity index (χ0) is 19.1. The van der Waals surface area contributed by atoms with Crippen LogP contribution in [0.4, 0.5) is 5.69 Å². The van der Waals surface area contributed by atoms with Crippen LogP contribution in [0.2, 0.25) is 0 Å². The molecule has 0 unspecified atom stereocenters. The van der Waals surface area contributed by atoms with Gasteiger partial charge in [-0.3, -0.25) is 4.79 Å². The molecule has 1 fully saturated rings. The van der Waals surface area contributed by atoms with Crippen LogP contribution in [0.3, 0.4) is 0 Å². The number of para-hydroxylation sites is 1. The SMILES string of the molecule is COc1ccccc1CNCCC(=O)N1CCN(c2cccc(C)c2)CC1. The number of nitrogens with zero attached hydrogens (tertiary/aromatic N) is 2. The van der Waals surface area contributed by atoms with Gasteiger partial charge in [0.05, 0.1) is 7.11 Å². The second-order valence-electron chi connectivity index (χ2n) is 6.95. The number of hydrogen-bond acceptors (Lipinski definition) is 4. The van der Waals surface area contributed by atoms with Crippen LogP contribution >= 0.6 is 0 Å². The average Bonchev–Trinajstić information content (AvgIpc) is 2.71. The van der Waals surface area contributed by atoms with Crippen LogP contribution in [0.1, 0.15) is 17.5 Å². The number of rotatable bonds is 7. The number of piperazine rings is 1. The Bertz CT molecular complexity index is 755. The maximum Gasteiger partial charge on any atom is 0.223 e. The molecule has 1 heterocycles. The molecule has 0 bridgehead atoms. The van der Waals surface area contributed by atoms with E-state index < -0.39 is 0 Å². The normalized spacial score (nSPS) is 14.3. The minimum atomic E-state index is 0.228. The van der Waals surface area contributed by atoms with E-state index in [1.165, 1.54) is 11.3 Å². The van der Waals surface area contributed by atoms with Crippen LogP contribution in [-0.4, -0.2) is 50.6 Å². The molecule has 2 aromatic carbocycles. The molecule has 1 saturated heterocycles. The third-order valence-electron chi connectivity index (χ3n) is 5.02. The molecule has 1 aliphatic rings. The largest absolute Gasteiger partial charge is 0.496 e. The fourth-order valence-electron chi connectivity index (χ4n) is 3.46. The zero-order valence-corrected chi connectivity index (χ0v) is 16.3. The molecular weight excluding hydrogens is 338 g/mol. The van der Waals surface area contributed by atoms with Crippen LogP contribution in [0.25, 0.3) is 0 Å². The highest BCUT2D eigenvalue weighted by atomic mass is 16.5. The van der Waals surface area contributed by atoms with Gasteiger partial charge in [0.2, 0.25) is 5.91 Å². The van der Waals surface area contributed by atoms with E-state index in [0.717, 1.165) is 37.5 Å². The second-order valence-corrected chi connectivity index (χ2v) is 6.95. The Morgan fingerprint density at radius 3 is 2.59 bits per heavy atom. The van der Waals surface area contributed by atoms with E-state index >= 15 is 0 Å². The summed E-state index contributed by atoms with van der Waals surface area (Å²) in [4.78, 5) is 16.8. The van der Waals surface area contributed by atoms with Gasteiger partial charge in [0.1, 0.15) is 5.75 Å². The van der Waals surface area contributed by atoms with Crippen molar-refractivity contribution in [3.05, 3.63) is 59.7 Å². The number of aryl methyl sites for hydroxylation is 1. The van der Waals surface area contributed by atoms with Crippen LogP contribution in [-0.2, 0) is 11.3 Å². The number of carbonyl (C=O) groups excluding carboxylic acids is 1. The standard InChI is InChI=1S/C22H29N3O2/c1-18-6-5-8-20(16-18)24-12-14-25(15-13-24)22(26)10-11-23-17-19-7-3-4-9-21(19)27-2/h3-9,16,23H,10-15,17H2,1-2H3. The molecule has 0 aromatic heterocycles. The molecule has 1 aliphatic heterocycles. The van der Waals surface area contributed by atoms with E-state index in [4.69, 9.17) is 4.74 Å². The minimum absolute atomic E-state index is 0.228. The van der Waals surface area contributed by atoms with Gasteiger partial charge >= 0.3 is 0 Å². The Balaban J connectivity index is 1.39. The monoisotopic (exact) mass is 367 g/mol. The fourth-order valence-corrected chi connectivity index (χ4v) is 3.46. The summed E-state index contributed by atoms with van der Waals surface area (Å²) < 4.78 is 5.35. The number of methoxy groups -OCH3 is 1. The van der Waals surface area contributed by atoms with Gasteiger partial charge in [0.15, 0.2) is 0 Å². The van der Waals surface area contributed by atoms with E-state index in [-0.39, 0.29) is 5.91 Å². The Labute approximate surface area is 161 Å². The first-order valence-corrected chi connectivity index (χ1v) is 9.59. The molecule has 0 saturated carbocycles. The van der Waals surface area contributed by atoms with E-state index in [9.17, 15) is 4.79 Å². The summed E-state index contributed by atoms with van der Waals surface area (Å²) in [5, 5.41) is 3.35. The van der Waals surface area contributed by atoms with Crippen LogP contribution in [0.5, 0.6) is 5.75 Å². The van der Waals surface area contributed by atoms with Gasteiger partial charge in [-0.05, 0) is 30.7 Å². The molecule has 0 radical (unpaired) electrons. The minimum Gasteiger partial charge on any atom is -0.496 e. The second kappa shape index (κ2) is 9.42. The number of hydrogen-bond donors (Lipinski definition) is 1. The first-order chi connectivity index (χ1) is 13.2. The smallest absolute Gasteiger partial charge is 0.223 e. The van der Waals surface area contributed by atoms with Gasteiger partial charge in [0, 0.05) is 56.9 Å². The van der Waals surface area contributed by atoms with E-state index in [2.05, 4.69) is 41.4 Å². The third kappa shape index (κ3) is 5.23. The van der Waals surface area contributed by atoms with Gasteiger partial charge in [-0.15, -0.1) is 0 Å². The maximum absolute atomic E-state index is 12.5. The summed E-state index contributed by atoms with van der Waals surface area (Å²) in [6.07, 6.45) is 0.527. The van der Waals surface area contributed by atoms with Crippen LogP contribution in [0.15, 0.2) is 48.5 Å². The molecule has 27 heavy (non-hydrogen) atoms. The average molecular weight is 367 g/mol. The van der Waals surface area contributed by atoms with Crippen molar-refractivity contribution in [2.24, 2.45) is 0 Å². The summed E-state index contributed by atoms with van der Waals surface area (Å²) in [5.41, 5.74) is 3.63. The van der Waals surface area contributed by atoms with Crippen LogP contribution in [0, 0.1) is 6.92 Å². The van der Waals surface area contributed by atoms with Crippen molar-refractivity contribution in [2.75, 3.05) is 44.7 Å². The van der Waals surface area contributed by atoms with Crippen LogP contribution < -0.4 is 15.0 Å². The number of nitrogens with one attached hydrogen (secondary N) is 1. The highest BCUT2D eigenvalue weighted by molar-refractivity contribution is 5.76. The molecule has 3 rings (SSSR count). The van der Waals surface area contributed by atoms with E-state index in [1.54, 1.807) is 7.11 Å². The van der Waals surface area contributed by atoms with Gasteiger partial charge in [-0.25, -0.2) is 0 Å². The lowest BCUT2D eigenvalue weighted by atomic mass is 10.2. The fraction of sp³-hybridized carbons (Fsp3) is 0.409. The number of ether oxygens (including phenoxy) is 1. The lowest BCUT2D eigenvalue weighted by molar-refractivity contribution is -0.131. The zero-order valence-electron chi connectivity index (χ0n) is 16.3. The Morgan fingerprint density at radius 2 is 1.85 bits per heavy atom. The van der Waals surface area contributed by atoms with Crippen molar-refractivity contribution in [3.63, 3.8) is 0 Å². The maximum atomic E-state index is 12.5. The van der Waals surface area contributed by atoms with Gasteiger partial charge < -0.3 is 19.9 Å². The van der Waals surface area contributed by atoms with E-state index in [0.29, 0.717) is 19.5 Å². The van der Waals surface area contributed by atoms with Crippen molar-refractivity contribution in [1.82, 2.24) is 10.2 Å². The molecule has 5 nitrogen and oxygen atoms in total. The van der Waals surface area contributed by atoms with Crippen molar-refractivity contribution < 1.29 is 9.53 Å². The molecular formula is C22H29N3O2. The Morgan fingerprint density at radius 1 is 1.07 bits per heavy atom. The lowest BCUT2D eigenvalue weighted by Gasteiger charge is -2.36. The molecule has 2 aromatic rings. The topological polar surface area (TPSA) is 44.8 Å². The summed E-state index contributed by atoms with van der Waals surface area (Å²) in [6, 6.07) is 16.5. The van der Waals surface area contributed by atoms with Crippen molar-refractivity contribution in [3.8, 4) is 5.75 Å². The van der Waals surface area contributed by atoms with Gasteiger partial charge in [-0.1, -0.05) is 30.3 Å². The first kappa shape index (κ1) is 19.2. The quantitative estimate of drug-likeness (QED) is 0.765. The Hall–Kier alpha value is -2.53. The molecule has 144 valence electrons. The van der Waals surface area contributed by atoms with Crippen molar-refractivity contribution >= 4 is 11.6 Å². The van der Waals surface area contributed by atoms with E-state index in [1.807, 2.05) is 29.2 Å².